The molecular formula is C12H7Br2. The number of hydrogen-bond acceptors (Lipinski definition) is 0. The quantitative estimate of drug-likeness (QED) is 0.717. The normalized spacial score (nSPS) is 10.1. The Kier molecular flexibility index (Phi) is 3.04. The summed E-state index contributed by atoms with van der Waals surface area (Å²) in [6.45, 7) is 0. The molecule has 0 fully saturated rings. The highest BCUT2D eigenvalue weighted by atomic mass is 79.9. The van der Waals surface area contributed by atoms with Gasteiger partial charge in [-0.3, -0.25) is 0 Å². The fraction of sp³-hybridized carbons (Fsp3) is 0. The van der Waals surface area contributed by atoms with Gasteiger partial charge in [0.25, 0.3) is 0 Å². The minimum atomic E-state index is 0.985. The summed E-state index contributed by atoms with van der Waals surface area (Å²) in [7, 11) is 0. The Labute approximate surface area is 100 Å². The van der Waals surface area contributed by atoms with Crippen molar-refractivity contribution in [1.82, 2.24) is 0 Å². The summed E-state index contributed by atoms with van der Waals surface area (Å²) in [6, 6.07) is 17.4. The van der Waals surface area contributed by atoms with Crippen molar-refractivity contribution in [2.24, 2.45) is 0 Å². The molecule has 0 saturated carbocycles. The molecule has 0 spiro atoms. The molecule has 0 aliphatic rings. The van der Waals surface area contributed by atoms with Crippen LogP contribution in [0.2, 0.25) is 0 Å². The highest BCUT2D eigenvalue weighted by Crippen LogP contribution is 2.22. The molecule has 0 aliphatic carbocycles. The Balaban J connectivity index is 2.40. The molecule has 0 bridgehead atoms. The zero-order valence-corrected chi connectivity index (χ0v) is 10.5. The van der Waals surface area contributed by atoms with Gasteiger partial charge in [0.05, 0.1) is 0 Å². The van der Waals surface area contributed by atoms with Crippen LogP contribution in [0, 0.1) is 6.07 Å². The van der Waals surface area contributed by atoms with E-state index in [9.17, 15) is 0 Å². The molecule has 0 unspecified atom stereocenters. The second-order valence-electron chi connectivity index (χ2n) is 2.93. The predicted octanol–water partition coefficient (Wildman–Crippen LogP) is 4.68. The lowest BCUT2D eigenvalue weighted by Gasteiger charge is -2.01. The summed E-state index contributed by atoms with van der Waals surface area (Å²) in [5.41, 5.74) is 2.39. The van der Waals surface area contributed by atoms with E-state index in [0.29, 0.717) is 0 Å². The molecule has 2 aromatic rings. The van der Waals surface area contributed by atoms with Gasteiger partial charge in [-0.15, -0.1) is 0 Å². The molecule has 0 atom stereocenters. The first kappa shape index (κ1) is 9.94. The van der Waals surface area contributed by atoms with Gasteiger partial charge in [0.2, 0.25) is 0 Å². The van der Waals surface area contributed by atoms with E-state index in [4.69, 9.17) is 0 Å². The van der Waals surface area contributed by atoms with Gasteiger partial charge in [-0.05, 0) is 41.5 Å². The molecule has 0 saturated heterocycles. The van der Waals surface area contributed by atoms with E-state index in [2.05, 4.69) is 56.1 Å². The van der Waals surface area contributed by atoms with E-state index in [-0.39, 0.29) is 0 Å². The number of halogens is 2. The second kappa shape index (κ2) is 4.28. The van der Waals surface area contributed by atoms with Crippen LogP contribution >= 0.6 is 31.9 Å². The van der Waals surface area contributed by atoms with Crippen molar-refractivity contribution in [3.8, 4) is 11.1 Å². The Morgan fingerprint density at radius 2 is 1.43 bits per heavy atom. The molecule has 14 heavy (non-hydrogen) atoms. The number of benzene rings is 2. The SMILES string of the molecule is Brc1[c]cc(-c2ccc(Br)cc2)cc1. The van der Waals surface area contributed by atoms with E-state index in [1.54, 1.807) is 0 Å². The maximum atomic E-state index is 3.41. The topological polar surface area (TPSA) is 0 Å². The van der Waals surface area contributed by atoms with Gasteiger partial charge in [-0.25, -0.2) is 0 Å². The van der Waals surface area contributed by atoms with Crippen LogP contribution in [0.3, 0.4) is 0 Å². The zero-order valence-electron chi connectivity index (χ0n) is 7.30. The predicted molar refractivity (Wildman–Crippen MR) is 66.1 cm³/mol. The van der Waals surface area contributed by atoms with Crippen LogP contribution < -0.4 is 0 Å². The van der Waals surface area contributed by atoms with Crippen LogP contribution in [0.15, 0.2) is 51.4 Å². The van der Waals surface area contributed by atoms with Crippen molar-refractivity contribution < 1.29 is 0 Å². The summed E-state index contributed by atoms with van der Waals surface area (Å²) in [6.07, 6.45) is 0. The minimum Gasteiger partial charge on any atom is -0.0533 e. The zero-order chi connectivity index (χ0) is 9.97. The molecule has 0 amide bonds. The van der Waals surface area contributed by atoms with Gasteiger partial charge in [0, 0.05) is 8.95 Å². The van der Waals surface area contributed by atoms with Crippen molar-refractivity contribution in [2.45, 2.75) is 0 Å². The standard InChI is InChI=1S/C12H7Br2/c13-11-5-1-9(2-6-11)10-3-7-12(14)8-4-10/h1-7H. The summed E-state index contributed by atoms with van der Waals surface area (Å²) < 4.78 is 2.08. The summed E-state index contributed by atoms with van der Waals surface area (Å²) >= 11 is 6.78. The molecule has 69 valence electrons. The molecule has 2 aromatic carbocycles. The molecule has 2 heteroatoms. The summed E-state index contributed by atoms with van der Waals surface area (Å²) in [5, 5.41) is 0. The first-order valence-corrected chi connectivity index (χ1v) is 5.77. The Hall–Kier alpha value is -0.600. The van der Waals surface area contributed by atoms with Gasteiger partial charge in [0.15, 0.2) is 0 Å². The first-order valence-electron chi connectivity index (χ1n) is 4.19. The van der Waals surface area contributed by atoms with E-state index < -0.39 is 0 Å². The van der Waals surface area contributed by atoms with Gasteiger partial charge >= 0.3 is 0 Å². The highest BCUT2D eigenvalue weighted by molar-refractivity contribution is 9.10. The van der Waals surface area contributed by atoms with Crippen LogP contribution in [0.1, 0.15) is 0 Å². The van der Waals surface area contributed by atoms with Crippen LogP contribution in [-0.2, 0) is 0 Å². The lowest BCUT2D eigenvalue weighted by molar-refractivity contribution is 1.57. The average Bonchev–Trinajstić information content (AvgIpc) is 2.21. The average molecular weight is 311 g/mol. The fourth-order valence-electron chi connectivity index (χ4n) is 1.23. The lowest BCUT2D eigenvalue weighted by Crippen LogP contribution is -1.76. The van der Waals surface area contributed by atoms with Gasteiger partial charge < -0.3 is 0 Å². The van der Waals surface area contributed by atoms with Crippen LogP contribution in [-0.4, -0.2) is 0 Å². The number of rotatable bonds is 1. The first-order chi connectivity index (χ1) is 6.75. The van der Waals surface area contributed by atoms with Crippen molar-refractivity contribution in [3.05, 3.63) is 57.5 Å². The van der Waals surface area contributed by atoms with Crippen LogP contribution in [0.5, 0.6) is 0 Å². The molecule has 1 radical (unpaired) electrons. The van der Waals surface area contributed by atoms with Crippen LogP contribution in [0.4, 0.5) is 0 Å². The monoisotopic (exact) mass is 309 g/mol. The van der Waals surface area contributed by atoms with E-state index in [0.717, 1.165) is 8.95 Å². The molecule has 0 aliphatic heterocycles. The molecule has 0 N–H and O–H groups in total. The van der Waals surface area contributed by atoms with Gasteiger partial charge in [-0.2, -0.15) is 0 Å². The largest absolute Gasteiger partial charge is 0.0533 e. The fourth-order valence-corrected chi connectivity index (χ4v) is 1.74. The number of hydrogen-bond donors (Lipinski definition) is 0. The molecule has 0 heterocycles. The van der Waals surface area contributed by atoms with E-state index >= 15 is 0 Å². The maximum absolute atomic E-state index is 3.41. The van der Waals surface area contributed by atoms with Crippen molar-refractivity contribution in [1.29, 1.82) is 0 Å². The van der Waals surface area contributed by atoms with Crippen molar-refractivity contribution in [3.63, 3.8) is 0 Å². The maximum Gasteiger partial charge on any atom is 0.0254 e. The third-order valence-corrected chi connectivity index (χ3v) is 2.97. The molecular weight excluding hydrogens is 304 g/mol. The third-order valence-electron chi connectivity index (χ3n) is 1.95. The molecule has 2 rings (SSSR count). The second-order valence-corrected chi connectivity index (χ2v) is 4.70. The summed E-state index contributed by atoms with van der Waals surface area (Å²) in [5.74, 6) is 0. The molecule has 0 nitrogen and oxygen atoms in total. The van der Waals surface area contributed by atoms with E-state index in [1.807, 2.05) is 24.3 Å². The lowest BCUT2D eigenvalue weighted by atomic mass is 10.1. The molecule has 0 aromatic heterocycles. The Bertz CT molecular complexity index is 372. The smallest absolute Gasteiger partial charge is 0.0254 e. The third kappa shape index (κ3) is 2.25. The Morgan fingerprint density at radius 1 is 0.786 bits per heavy atom. The van der Waals surface area contributed by atoms with Crippen LogP contribution in [0.25, 0.3) is 11.1 Å². The minimum absolute atomic E-state index is 0.985. The van der Waals surface area contributed by atoms with Crippen molar-refractivity contribution in [2.75, 3.05) is 0 Å². The van der Waals surface area contributed by atoms with Crippen molar-refractivity contribution >= 4 is 31.9 Å². The Morgan fingerprint density at radius 3 is 2.00 bits per heavy atom. The highest BCUT2D eigenvalue weighted by Gasteiger charge is 1.96. The summed E-state index contributed by atoms with van der Waals surface area (Å²) in [4.78, 5) is 0. The van der Waals surface area contributed by atoms with E-state index in [1.165, 1.54) is 11.1 Å². The van der Waals surface area contributed by atoms with Gasteiger partial charge in [-0.1, -0.05) is 50.1 Å². The van der Waals surface area contributed by atoms with Gasteiger partial charge in [0.1, 0.15) is 0 Å².